The number of nitrogens with zero attached hydrogens (tertiary/aromatic N) is 1. The molecule has 0 aliphatic carbocycles. The van der Waals surface area contributed by atoms with Gasteiger partial charge in [0.15, 0.2) is 12.4 Å². The zero-order valence-corrected chi connectivity index (χ0v) is 7.03. The Labute approximate surface area is 73.0 Å². The lowest BCUT2D eigenvalue weighted by Crippen LogP contribution is -2.32. The van der Waals surface area contributed by atoms with Gasteiger partial charge >= 0.3 is 0 Å². The summed E-state index contributed by atoms with van der Waals surface area (Å²) in [5, 5.41) is 0. The quantitative estimate of drug-likeness (QED) is 0.399. The second kappa shape index (κ2) is 4.40. The molecule has 62 valence electrons. The molecular formula is C10H13N2+. The molecule has 1 heterocycles. The summed E-state index contributed by atoms with van der Waals surface area (Å²) in [5.74, 6) is 2.61. The van der Waals surface area contributed by atoms with Crippen LogP contribution >= 0.6 is 0 Å². The van der Waals surface area contributed by atoms with Crippen LogP contribution < -0.4 is 10.3 Å². The van der Waals surface area contributed by atoms with Gasteiger partial charge in [0.2, 0.25) is 0 Å². The van der Waals surface area contributed by atoms with Crippen LogP contribution in [-0.4, -0.2) is 0 Å². The maximum atomic E-state index is 5.54. The Kier molecular flexibility index (Phi) is 3.16. The van der Waals surface area contributed by atoms with Gasteiger partial charge in [-0.2, -0.15) is 0 Å². The number of aromatic nitrogens is 1. The number of pyridine rings is 1. The largest absolute Gasteiger partial charge is 0.398 e. The summed E-state index contributed by atoms with van der Waals surface area (Å²) in [5.41, 5.74) is 6.33. The molecular weight excluding hydrogens is 148 g/mol. The van der Waals surface area contributed by atoms with Crippen LogP contribution in [0.5, 0.6) is 0 Å². The Hall–Kier alpha value is -1.49. The van der Waals surface area contributed by atoms with E-state index in [0.29, 0.717) is 0 Å². The van der Waals surface area contributed by atoms with Gasteiger partial charge in [-0.15, -0.1) is 12.3 Å². The number of nitrogens with two attached hydrogens (primary N) is 1. The number of hydrogen-bond donors (Lipinski definition) is 1. The van der Waals surface area contributed by atoms with Crippen LogP contribution in [0.15, 0.2) is 24.5 Å². The summed E-state index contributed by atoms with van der Waals surface area (Å²) in [7, 11) is 0. The molecule has 2 N–H and O–H groups in total. The predicted octanol–water partition coefficient (Wildman–Crippen LogP) is 0.970. The molecule has 0 fully saturated rings. The first-order valence-electron chi connectivity index (χ1n) is 4.01. The summed E-state index contributed by atoms with van der Waals surface area (Å²) in [6, 6.07) is 3.77. The lowest BCUT2D eigenvalue weighted by molar-refractivity contribution is -0.697. The second-order valence-electron chi connectivity index (χ2n) is 2.68. The van der Waals surface area contributed by atoms with E-state index in [1.165, 1.54) is 0 Å². The highest BCUT2D eigenvalue weighted by Gasteiger charge is 1.97. The van der Waals surface area contributed by atoms with Crippen molar-refractivity contribution in [2.45, 2.75) is 19.4 Å². The van der Waals surface area contributed by atoms with E-state index in [9.17, 15) is 0 Å². The molecule has 1 aromatic heterocycles. The van der Waals surface area contributed by atoms with E-state index in [4.69, 9.17) is 12.2 Å². The van der Waals surface area contributed by atoms with Crippen molar-refractivity contribution in [2.24, 2.45) is 0 Å². The Balaban J connectivity index is 2.43. The predicted molar refractivity (Wildman–Crippen MR) is 49.1 cm³/mol. The first-order valence-corrected chi connectivity index (χ1v) is 4.01. The first kappa shape index (κ1) is 8.61. The Morgan fingerprint density at radius 2 is 2.08 bits per heavy atom. The van der Waals surface area contributed by atoms with Gasteiger partial charge < -0.3 is 5.73 Å². The van der Waals surface area contributed by atoms with E-state index in [1.807, 2.05) is 24.5 Å². The second-order valence-corrected chi connectivity index (χ2v) is 2.68. The minimum atomic E-state index is 0.795. The molecule has 1 rings (SSSR count). The third-order valence-corrected chi connectivity index (χ3v) is 1.65. The molecule has 0 atom stereocenters. The van der Waals surface area contributed by atoms with Crippen molar-refractivity contribution in [1.29, 1.82) is 0 Å². The Morgan fingerprint density at radius 3 is 2.67 bits per heavy atom. The summed E-state index contributed by atoms with van der Waals surface area (Å²) in [4.78, 5) is 0. The van der Waals surface area contributed by atoms with Crippen LogP contribution in [0, 0.1) is 12.3 Å². The lowest BCUT2D eigenvalue weighted by atomic mass is 10.3. The number of aryl methyl sites for hydroxylation is 1. The molecule has 12 heavy (non-hydrogen) atoms. The maximum absolute atomic E-state index is 5.54. The summed E-state index contributed by atoms with van der Waals surface area (Å²) in [6.07, 6.45) is 10.9. The molecule has 1 aromatic rings. The third-order valence-electron chi connectivity index (χ3n) is 1.65. The number of unbranched alkanes of at least 4 members (excludes halogenated alkanes) is 1. The zero-order chi connectivity index (χ0) is 8.81. The highest BCUT2D eigenvalue weighted by Crippen LogP contribution is 1.94. The molecule has 0 radical (unpaired) electrons. The van der Waals surface area contributed by atoms with Gasteiger partial charge in [-0.25, -0.2) is 4.57 Å². The van der Waals surface area contributed by atoms with Crippen molar-refractivity contribution >= 4 is 5.69 Å². The van der Waals surface area contributed by atoms with Crippen LogP contribution in [-0.2, 0) is 6.54 Å². The van der Waals surface area contributed by atoms with Gasteiger partial charge in [-0.1, -0.05) is 0 Å². The molecule has 0 saturated heterocycles. The van der Waals surface area contributed by atoms with E-state index in [1.54, 1.807) is 0 Å². The van der Waals surface area contributed by atoms with Crippen molar-refractivity contribution < 1.29 is 4.57 Å². The van der Waals surface area contributed by atoms with E-state index < -0.39 is 0 Å². The van der Waals surface area contributed by atoms with Crippen LogP contribution in [0.2, 0.25) is 0 Å². The van der Waals surface area contributed by atoms with E-state index in [-0.39, 0.29) is 0 Å². The molecule has 0 aliphatic heterocycles. The molecule has 0 aliphatic rings. The SMILES string of the molecule is C#CCCC[n+]1ccc(N)cc1. The molecule has 0 aromatic carbocycles. The van der Waals surface area contributed by atoms with Gasteiger partial charge in [-0.3, -0.25) is 0 Å². The van der Waals surface area contributed by atoms with Crippen molar-refractivity contribution in [2.75, 3.05) is 5.73 Å². The summed E-state index contributed by atoms with van der Waals surface area (Å²) < 4.78 is 2.08. The van der Waals surface area contributed by atoms with Crippen molar-refractivity contribution in [3.63, 3.8) is 0 Å². The van der Waals surface area contributed by atoms with Crippen LogP contribution in [0.1, 0.15) is 12.8 Å². The fraction of sp³-hybridized carbons (Fsp3) is 0.300. The number of rotatable bonds is 3. The van der Waals surface area contributed by atoms with E-state index in [2.05, 4.69) is 10.5 Å². The van der Waals surface area contributed by atoms with Crippen molar-refractivity contribution in [1.82, 2.24) is 0 Å². The summed E-state index contributed by atoms with van der Waals surface area (Å²) >= 11 is 0. The highest BCUT2D eigenvalue weighted by molar-refractivity contribution is 5.32. The molecule has 0 spiro atoms. The molecule has 2 heteroatoms. The van der Waals surface area contributed by atoms with Gasteiger partial charge in [-0.05, 0) is 0 Å². The van der Waals surface area contributed by atoms with Crippen LogP contribution in [0.25, 0.3) is 0 Å². The Bertz CT molecular complexity index is 269. The monoisotopic (exact) mass is 161 g/mol. The zero-order valence-electron chi connectivity index (χ0n) is 7.03. The topological polar surface area (TPSA) is 29.9 Å². The normalized spacial score (nSPS) is 9.25. The molecule has 0 saturated carbocycles. The number of hydrogen-bond acceptors (Lipinski definition) is 1. The third kappa shape index (κ3) is 2.63. The van der Waals surface area contributed by atoms with Gasteiger partial charge in [0.05, 0.1) is 0 Å². The average Bonchev–Trinajstić information content (AvgIpc) is 2.09. The Morgan fingerprint density at radius 1 is 1.42 bits per heavy atom. The maximum Gasteiger partial charge on any atom is 0.170 e. The number of nitrogen functional groups attached to an aromatic ring is 1. The van der Waals surface area contributed by atoms with Crippen molar-refractivity contribution in [3.8, 4) is 12.3 Å². The average molecular weight is 161 g/mol. The number of terminal acetylenes is 1. The highest BCUT2D eigenvalue weighted by atomic mass is 14.9. The number of anilines is 1. The van der Waals surface area contributed by atoms with E-state index >= 15 is 0 Å². The molecule has 0 amide bonds. The fourth-order valence-electron chi connectivity index (χ4n) is 0.982. The molecule has 0 bridgehead atoms. The van der Waals surface area contributed by atoms with Gasteiger partial charge in [0.25, 0.3) is 0 Å². The fourth-order valence-corrected chi connectivity index (χ4v) is 0.982. The van der Waals surface area contributed by atoms with Crippen LogP contribution in [0.4, 0.5) is 5.69 Å². The van der Waals surface area contributed by atoms with Crippen LogP contribution in [0.3, 0.4) is 0 Å². The minimum Gasteiger partial charge on any atom is -0.398 e. The van der Waals surface area contributed by atoms with Gasteiger partial charge in [0, 0.05) is 30.7 Å². The molecule has 2 nitrogen and oxygen atoms in total. The molecule has 0 unspecified atom stereocenters. The lowest BCUT2D eigenvalue weighted by Gasteiger charge is -1.94. The minimum absolute atomic E-state index is 0.795. The van der Waals surface area contributed by atoms with Crippen molar-refractivity contribution in [3.05, 3.63) is 24.5 Å². The van der Waals surface area contributed by atoms with E-state index in [0.717, 1.165) is 25.1 Å². The van der Waals surface area contributed by atoms with Gasteiger partial charge in [0.1, 0.15) is 6.54 Å². The smallest absolute Gasteiger partial charge is 0.170 e. The standard InChI is InChI=1S/C10H12N2/c1-2-3-4-7-12-8-5-10(11)6-9-12/h1,5-6,8-9,11H,3-4,7H2/p+1. The summed E-state index contributed by atoms with van der Waals surface area (Å²) in [6.45, 7) is 0.963. The first-order chi connectivity index (χ1) is 5.83.